The summed E-state index contributed by atoms with van der Waals surface area (Å²) >= 11 is 0. The van der Waals surface area contributed by atoms with Crippen molar-refractivity contribution in [1.29, 1.82) is 0 Å². The summed E-state index contributed by atoms with van der Waals surface area (Å²) in [6.07, 6.45) is 1.28. The molecule has 0 aromatic rings. The molecule has 1 heterocycles. The summed E-state index contributed by atoms with van der Waals surface area (Å²) in [6.45, 7) is 3.38. The summed E-state index contributed by atoms with van der Waals surface area (Å²) in [5.74, 6) is 0. The summed E-state index contributed by atoms with van der Waals surface area (Å²) in [6, 6.07) is 0. The van der Waals surface area contributed by atoms with Gasteiger partial charge in [0.2, 0.25) is 0 Å². The molecule has 2 N–H and O–H groups in total. The summed E-state index contributed by atoms with van der Waals surface area (Å²) < 4.78 is 0. The SMILES string of the molecule is C1CNCNC1.[Na].[Na]. The fourth-order valence-corrected chi connectivity index (χ4v) is 0.604. The van der Waals surface area contributed by atoms with Crippen LogP contribution in [-0.4, -0.2) is 78.9 Å². The summed E-state index contributed by atoms with van der Waals surface area (Å²) in [5.41, 5.74) is 0. The van der Waals surface area contributed by atoms with Crippen molar-refractivity contribution in [2.24, 2.45) is 0 Å². The zero-order chi connectivity index (χ0) is 4.24. The third-order valence-corrected chi connectivity index (χ3v) is 0.957. The van der Waals surface area contributed by atoms with Crippen LogP contribution in [0.25, 0.3) is 0 Å². The minimum atomic E-state index is 0. The summed E-state index contributed by atoms with van der Waals surface area (Å²) in [5, 5.41) is 6.35. The first kappa shape index (κ1) is 12.6. The second-order valence-corrected chi connectivity index (χ2v) is 1.53. The van der Waals surface area contributed by atoms with Crippen LogP contribution in [0.15, 0.2) is 0 Å². The molecule has 0 atom stereocenters. The van der Waals surface area contributed by atoms with E-state index in [9.17, 15) is 0 Å². The molecule has 0 spiro atoms. The van der Waals surface area contributed by atoms with Gasteiger partial charge in [-0.25, -0.2) is 0 Å². The Morgan fingerprint density at radius 2 is 1.38 bits per heavy atom. The summed E-state index contributed by atoms with van der Waals surface area (Å²) in [4.78, 5) is 0. The minimum absolute atomic E-state index is 0. The first-order chi connectivity index (χ1) is 3.00. The second kappa shape index (κ2) is 8.92. The zero-order valence-corrected chi connectivity index (χ0v) is 9.83. The molecule has 4 heteroatoms. The third kappa shape index (κ3) is 6.05. The van der Waals surface area contributed by atoms with Gasteiger partial charge in [-0.05, 0) is 19.5 Å². The zero-order valence-electron chi connectivity index (χ0n) is 5.83. The molecule has 0 aliphatic carbocycles. The molecule has 0 unspecified atom stereocenters. The van der Waals surface area contributed by atoms with Gasteiger partial charge in [-0.15, -0.1) is 0 Å². The van der Waals surface area contributed by atoms with Crippen molar-refractivity contribution in [3.8, 4) is 0 Å². The van der Waals surface area contributed by atoms with Gasteiger partial charge < -0.3 is 10.6 Å². The van der Waals surface area contributed by atoms with Crippen LogP contribution in [0, 0.1) is 0 Å². The van der Waals surface area contributed by atoms with Crippen molar-refractivity contribution in [2.45, 2.75) is 6.42 Å². The van der Waals surface area contributed by atoms with Crippen molar-refractivity contribution >= 4 is 59.1 Å². The molecule has 0 aromatic heterocycles. The molecule has 38 valence electrons. The van der Waals surface area contributed by atoms with Gasteiger partial charge >= 0.3 is 0 Å². The van der Waals surface area contributed by atoms with Gasteiger partial charge in [0.15, 0.2) is 0 Å². The van der Waals surface area contributed by atoms with E-state index in [1.165, 1.54) is 19.5 Å². The van der Waals surface area contributed by atoms with Crippen LogP contribution in [0.2, 0.25) is 0 Å². The van der Waals surface area contributed by atoms with Gasteiger partial charge in [-0.1, -0.05) is 0 Å². The first-order valence-electron chi connectivity index (χ1n) is 2.41. The molecule has 2 nitrogen and oxygen atoms in total. The smallest absolute Gasteiger partial charge is 0.0454 e. The molecule has 1 aliphatic heterocycles. The van der Waals surface area contributed by atoms with Crippen molar-refractivity contribution < 1.29 is 0 Å². The Bertz CT molecular complexity index is 27.5. The number of hydrogen-bond donors (Lipinski definition) is 2. The Morgan fingerprint density at radius 3 is 1.50 bits per heavy atom. The average Bonchev–Trinajstić information content (AvgIpc) is 1.72. The molecule has 0 aromatic carbocycles. The molecule has 1 saturated heterocycles. The van der Waals surface area contributed by atoms with Gasteiger partial charge in [0.25, 0.3) is 0 Å². The largest absolute Gasteiger partial charge is 0.304 e. The van der Waals surface area contributed by atoms with E-state index in [2.05, 4.69) is 10.6 Å². The molecule has 2 radical (unpaired) electrons. The van der Waals surface area contributed by atoms with E-state index in [0.29, 0.717) is 0 Å². The van der Waals surface area contributed by atoms with Crippen LogP contribution in [-0.2, 0) is 0 Å². The molecule has 0 amide bonds. The van der Waals surface area contributed by atoms with Gasteiger partial charge in [0.1, 0.15) is 0 Å². The van der Waals surface area contributed by atoms with E-state index >= 15 is 0 Å². The molecular weight excluding hydrogens is 122 g/mol. The predicted molar refractivity (Wildman–Crippen MR) is 37.0 cm³/mol. The van der Waals surface area contributed by atoms with Crippen molar-refractivity contribution in [3.63, 3.8) is 0 Å². The fourth-order valence-electron chi connectivity index (χ4n) is 0.604. The number of nitrogens with one attached hydrogen (secondary N) is 2. The van der Waals surface area contributed by atoms with E-state index in [0.717, 1.165) is 6.67 Å². The fraction of sp³-hybridized carbons (Fsp3) is 1.00. The predicted octanol–water partition coefficient (Wildman–Crippen LogP) is -1.23. The van der Waals surface area contributed by atoms with Crippen LogP contribution < -0.4 is 10.6 Å². The van der Waals surface area contributed by atoms with E-state index in [-0.39, 0.29) is 59.1 Å². The van der Waals surface area contributed by atoms with E-state index in [1.807, 2.05) is 0 Å². The Balaban J connectivity index is 0. The first-order valence-corrected chi connectivity index (χ1v) is 2.41. The molecule has 1 rings (SSSR count). The molecule has 0 bridgehead atoms. The number of hydrogen-bond acceptors (Lipinski definition) is 2. The third-order valence-electron chi connectivity index (χ3n) is 0.957. The molecule has 1 fully saturated rings. The minimum Gasteiger partial charge on any atom is -0.304 e. The van der Waals surface area contributed by atoms with Crippen molar-refractivity contribution in [2.75, 3.05) is 19.8 Å². The van der Waals surface area contributed by atoms with Gasteiger partial charge in [-0.2, -0.15) is 0 Å². The Hall–Kier alpha value is 1.92. The maximum Gasteiger partial charge on any atom is 0.0454 e. The van der Waals surface area contributed by atoms with Crippen LogP contribution in [0.4, 0.5) is 0 Å². The monoisotopic (exact) mass is 132 g/mol. The Labute approximate surface area is 94.8 Å². The Morgan fingerprint density at radius 1 is 0.875 bits per heavy atom. The average molecular weight is 132 g/mol. The molecular formula is C4H10N2Na2. The van der Waals surface area contributed by atoms with Crippen LogP contribution in [0.5, 0.6) is 0 Å². The Kier molecular flexibility index (Phi) is 14.0. The van der Waals surface area contributed by atoms with Crippen LogP contribution in [0.3, 0.4) is 0 Å². The topological polar surface area (TPSA) is 24.1 Å². The summed E-state index contributed by atoms with van der Waals surface area (Å²) in [7, 11) is 0. The van der Waals surface area contributed by atoms with Gasteiger partial charge in [-0.3, -0.25) is 0 Å². The van der Waals surface area contributed by atoms with E-state index in [4.69, 9.17) is 0 Å². The van der Waals surface area contributed by atoms with Crippen LogP contribution >= 0.6 is 0 Å². The molecule has 8 heavy (non-hydrogen) atoms. The maximum absolute atomic E-state index is 3.17. The van der Waals surface area contributed by atoms with Gasteiger partial charge in [0.05, 0.1) is 0 Å². The van der Waals surface area contributed by atoms with Crippen molar-refractivity contribution in [3.05, 3.63) is 0 Å². The molecule has 1 aliphatic rings. The van der Waals surface area contributed by atoms with Gasteiger partial charge in [0, 0.05) is 65.8 Å². The quantitative estimate of drug-likeness (QED) is 0.403. The van der Waals surface area contributed by atoms with Crippen LogP contribution in [0.1, 0.15) is 6.42 Å². The van der Waals surface area contributed by atoms with E-state index in [1.54, 1.807) is 0 Å². The second-order valence-electron chi connectivity index (χ2n) is 1.53. The molecule has 0 saturated carbocycles. The number of rotatable bonds is 0. The maximum atomic E-state index is 3.17. The normalized spacial score (nSPS) is 18.0. The van der Waals surface area contributed by atoms with Crippen molar-refractivity contribution in [1.82, 2.24) is 10.6 Å². The standard InChI is InChI=1S/C4H10N2.2Na/c1-2-5-4-6-3-1;;/h5-6H,1-4H2;;. The van der Waals surface area contributed by atoms with E-state index < -0.39 is 0 Å².